The molecule has 14 heavy (non-hydrogen) atoms. The van der Waals surface area contributed by atoms with Gasteiger partial charge in [0.15, 0.2) is 0 Å². The zero-order chi connectivity index (χ0) is 10.0. The number of aliphatic hydroxyl groups excluding tert-OH is 1. The van der Waals surface area contributed by atoms with Gasteiger partial charge in [0.05, 0.1) is 11.7 Å². The fraction of sp³-hybridized carbons (Fsp3) is 1.00. The molecule has 2 rings (SSSR count). The van der Waals surface area contributed by atoms with E-state index in [2.05, 4.69) is 4.90 Å². The molecule has 2 N–H and O–H groups in total. The topological polar surface area (TPSA) is 43.7 Å². The summed E-state index contributed by atoms with van der Waals surface area (Å²) in [6, 6.07) is 0. The van der Waals surface area contributed by atoms with Crippen molar-refractivity contribution in [3.63, 3.8) is 0 Å². The van der Waals surface area contributed by atoms with E-state index < -0.39 is 5.60 Å². The van der Waals surface area contributed by atoms with E-state index in [1.165, 1.54) is 6.42 Å². The molecule has 0 aromatic rings. The third-order valence-corrected chi connectivity index (χ3v) is 3.64. The molecule has 3 nitrogen and oxygen atoms in total. The van der Waals surface area contributed by atoms with E-state index in [0.717, 1.165) is 51.7 Å². The molecule has 1 aliphatic carbocycles. The quantitative estimate of drug-likeness (QED) is 0.686. The lowest BCUT2D eigenvalue weighted by atomic mass is 9.76. The Morgan fingerprint density at radius 2 is 1.93 bits per heavy atom. The zero-order valence-corrected chi connectivity index (χ0v) is 8.78. The van der Waals surface area contributed by atoms with Gasteiger partial charge in [0, 0.05) is 6.54 Å². The lowest BCUT2D eigenvalue weighted by molar-refractivity contribution is -0.0521. The molecule has 0 spiro atoms. The van der Waals surface area contributed by atoms with Crippen LogP contribution in [0.5, 0.6) is 0 Å². The predicted molar refractivity (Wildman–Crippen MR) is 55.1 cm³/mol. The van der Waals surface area contributed by atoms with Crippen molar-refractivity contribution < 1.29 is 10.2 Å². The van der Waals surface area contributed by atoms with Crippen LogP contribution < -0.4 is 0 Å². The van der Waals surface area contributed by atoms with Crippen molar-refractivity contribution in [1.82, 2.24) is 4.90 Å². The Bertz CT molecular complexity index is 188. The summed E-state index contributed by atoms with van der Waals surface area (Å²) in [7, 11) is 0. The summed E-state index contributed by atoms with van der Waals surface area (Å²) in [5.74, 6) is 0. The molecule has 0 aromatic heterocycles. The molecular weight excluding hydrogens is 178 g/mol. The molecular formula is C11H21NO2. The lowest BCUT2D eigenvalue weighted by Crippen LogP contribution is -2.43. The third kappa shape index (κ3) is 2.47. The van der Waals surface area contributed by atoms with Gasteiger partial charge in [0.2, 0.25) is 0 Å². The molecule has 0 bridgehead atoms. The first kappa shape index (κ1) is 10.4. The van der Waals surface area contributed by atoms with E-state index >= 15 is 0 Å². The zero-order valence-electron chi connectivity index (χ0n) is 8.78. The molecule has 1 heterocycles. The van der Waals surface area contributed by atoms with Gasteiger partial charge in [-0.1, -0.05) is 0 Å². The molecule has 0 amide bonds. The highest BCUT2D eigenvalue weighted by Crippen LogP contribution is 2.35. The van der Waals surface area contributed by atoms with Crippen molar-refractivity contribution in [3.05, 3.63) is 0 Å². The maximum Gasteiger partial charge on any atom is 0.0668 e. The Kier molecular flexibility index (Phi) is 3.10. The average Bonchev–Trinajstić information content (AvgIpc) is 2.05. The number of β-amino-alcohol motifs (C(OH)–C–C–N with tert-alkyl or cyclic N) is 1. The Morgan fingerprint density at radius 1 is 1.21 bits per heavy atom. The highest BCUT2D eigenvalue weighted by atomic mass is 16.3. The molecule has 82 valence electrons. The molecule has 1 saturated heterocycles. The maximum absolute atomic E-state index is 9.84. The summed E-state index contributed by atoms with van der Waals surface area (Å²) >= 11 is 0. The minimum Gasteiger partial charge on any atom is -0.392 e. The van der Waals surface area contributed by atoms with Crippen LogP contribution in [0, 0.1) is 0 Å². The van der Waals surface area contributed by atoms with Crippen LogP contribution in [0.15, 0.2) is 0 Å². The van der Waals surface area contributed by atoms with Gasteiger partial charge >= 0.3 is 0 Å². The first-order valence-electron chi connectivity index (χ1n) is 5.81. The molecule has 1 atom stereocenters. The van der Waals surface area contributed by atoms with E-state index in [4.69, 9.17) is 0 Å². The van der Waals surface area contributed by atoms with E-state index in [9.17, 15) is 10.2 Å². The monoisotopic (exact) mass is 199 g/mol. The van der Waals surface area contributed by atoms with Gasteiger partial charge in [-0.15, -0.1) is 0 Å². The number of hydrogen-bond donors (Lipinski definition) is 2. The summed E-state index contributed by atoms with van der Waals surface area (Å²) in [6.07, 6.45) is 5.59. The highest BCUT2D eigenvalue weighted by molar-refractivity contribution is 4.88. The fourth-order valence-electron chi connectivity index (χ4n) is 2.22. The number of aliphatic hydroxyl groups is 2. The molecule has 2 fully saturated rings. The summed E-state index contributed by atoms with van der Waals surface area (Å²) in [5, 5.41) is 19.6. The Hall–Kier alpha value is -0.120. The van der Waals surface area contributed by atoms with Crippen LogP contribution in [-0.2, 0) is 0 Å². The van der Waals surface area contributed by atoms with Gasteiger partial charge in [-0.2, -0.15) is 0 Å². The minimum absolute atomic E-state index is 0.236. The van der Waals surface area contributed by atoms with Crippen LogP contribution >= 0.6 is 0 Å². The van der Waals surface area contributed by atoms with Crippen LogP contribution in [-0.4, -0.2) is 46.5 Å². The van der Waals surface area contributed by atoms with Crippen LogP contribution in [0.3, 0.4) is 0 Å². The Labute approximate surface area is 85.7 Å². The minimum atomic E-state index is -0.421. The summed E-state index contributed by atoms with van der Waals surface area (Å²) in [6.45, 7) is 3.08. The molecule has 1 unspecified atom stereocenters. The van der Waals surface area contributed by atoms with E-state index in [0.29, 0.717) is 0 Å². The standard InChI is InChI=1S/C11H21NO2/c13-10(9-12-7-2-8-12)3-6-11(14)4-1-5-11/h10,13-14H,1-9H2. The maximum atomic E-state index is 9.84. The van der Waals surface area contributed by atoms with Gasteiger partial charge in [-0.3, -0.25) is 0 Å². The van der Waals surface area contributed by atoms with Gasteiger partial charge in [0.25, 0.3) is 0 Å². The number of nitrogens with zero attached hydrogens (tertiary/aromatic N) is 1. The van der Waals surface area contributed by atoms with Gasteiger partial charge < -0.3 is 15.1 Å². The van der Waals surface area contributed by atoms with Gasteiger partial charge in [-0.25, -0.2) is 0 Å². The fourth-order valence-corrected chi connectivity index (χ4v) is 2.22. The van der Waals surface area contributed by atoms with E-state index in [1.54, 1.807) is 0 Å². The molecule has 1 saturated carbocycles. The number of likely N-dealkylation sites (tertiary alicyclic amines) is 1. The van der Waals surface area contributed by atoms with Crippen LogP contribution in [0.25, 0.3) is 0 Å². The van der Waals surface area contributed by atoms with Crippen molar-refractivity contribution in [2.24, 2.45) is 0 Å². The Balaban J connectivity index is 1.59. The van der Waals surface area contributed by atoms with Crippen molar-refractivity contribution in [2.75, 3.05) is 19.6 Å². The lowest BCUT2D eigenvalue weighted by Gasteiger charge is -2.38. The largest absolute Gasteiger partial charge is 0.392 e. The molecule has 2 aliphatic rings. The molecule has 0 aromatic carbocycles. The molecule has 3 heteroatoms. The SMILES string of the molecule is OC(CCC1(O)CCC1)CN1CCC1. The first-order valence-corrected chi connectivity index (χ1v) is 5.81. The van der Waals surface area contributed by atoms with Crippen molar-refractivity contribution in [1.29, 1.82) is 0 Å². The predicted octanol–water partition coefficient (Wildman–Crippen LogP) is 0.748. The third-order valence-electron chi connectivity index (χ3n) is 3.64. The van der Waals surface area contributed by atoms with Crippen molar-refractivity contribution in [2.45, 2.75) is 50.2 Å². The molecule has 1 aliphatic heterocycles. The highest BCUT2D eigenvalue weighted by Gasteiger charge is 2.34. The second-order valence-corrected chi connectivity index (χ2v) is 4.92. The second-order valence-electron chi connectivity index (χ2n) is 4.92. The summed E-state index contributed by atoms with van der Waals surface area (Å²) < 4.78 is 0. The van der Waals surface area contributed by atoms with Gasteiger partial charge in [-0.05, 0) is 51.6 Å². The van der Waals surface area contributed by atoms with Gasteiger partial charge in [0.1, 0.15) is 0 Å². The molecule has 0 radical (unpaired) electrons. The second kappa shape index (κ2) is 4.17. The summed E-state index contributed by atoms with van der Waals surface area (Å²) in [4.78, 5) is 2.27. The Morgan fingerprint density at radius 3 is 2.36 bits per heavy atom. The van der Waals surface area contributed by atoms with Crippen LogP contribution in [0.2, 0.25) is 0 Å². The normalized spacial score (nSPS) is 27.9. The van der Waals surface area contributed by atoms with Crippen LogP contribution in [0.4, 0.5) is 0 Å². The first-order chi connectivity index (χ1) is 6.68. The average molecular weight is 199 g/mol. The van der Waals surface area contributed by atoms with E-state index in [1.807, 2.05) is 0 Å². The van der Waals surface area contributed by atoms with Crippen molar-refractivity contribution >= 4 is 0 Å². The van der Waals surface area contributed by atoms with E-state index in [-0.39, 0.29) is 6.10 Å². The van der Waals surface area contributed by atoms with Crippen molar-refractivity contribution in [3.8, 4) is 0 Å². The smallest absolute Gasteiger partial charge is 0.0668 e. The number of rotatable bonds is 5. The summed E-state index contributed by atoms with van der Waals surface area (Å²) in [5.41, 5.74) is -0.421. The number of hydrogen-bond acceptors (Lipinski definition) is 3. The van der Waals surface area contributed by atoms with Crippen LogP contribution in [0.1, 0.15) is 38.5 Å².